The third-order valence-corrected chi connectivity index (χ3v) is 4.01. The molecule has 18 heavy (non-hydrogen) atoms. The molecule has 0 aliphatic heterocycles. The van der Waals surface area contributed by atoms with Gasteiger partial charge in [0.15, 0.2) is 5.65 Å². The number of hydrogen-bond donors (Lipinski definition) is 1. The normalized spacial score (nSPS) is 24.3. The summed E-state index contributed by atoms with van der Waals surface area (Å²) in [6.07, 6.45) is 4.83. The molecule has 1 fully saturated rings. The number of aromatic nitrogens is 5. The predicted molar refractivity (Wildman–Crippen MR) is 68.7 cm³/mol. The van der Waals surface area contributed by atoms with Crippen molar-refractivity contribution in [1.82, 2.24) is 25.3 Å². The van der Waals surface area contributed by atoms with E-state index < -0.39 is 0 Å². The van der Waals surface area contributed by atoms with Crippen molar-refractivity contribution in [1.29, 1.82) is 0 Å². The molecule has 2 aromatic rings. The highest BCUT2D eigenvalue weighted by Crippen LogP contribution is 2.28. The summed E-state index contributed by atoms with van der Waals surface area (Å²) in [5.41, 5.74) is 0.647. The number of rotatable bonds is 3. The topological polar surface area (TPSA) is 68.0 Å². The van der Waals surface area contributed by atoms with E-state index in [9.17, 15) is 0 Å². The Kier molecular flexibility index (Phi) is 3.27. The molecule has 1 N–H and O–H groups in total. The van der Waals surface area contributed by atoms with E-state index in [1.54, 1.807) is 0 Å². The van der Waals surface area contributed by atoms with Crippen molar-refractivity contribution in [3.63, 3.8) is 0 Å². The van der Waals surface area contributed by atoms with Gasteiger partial charge in [-0.15, -0.1) is 26.4 Å². The Morgan fingerprint density at radius 3 is 3.11 bits per heavy atom. The first-order chi connectivity index (χ1) is 8.83. The maximum atomic E-state index is 6.33. The summed E-state index contributed by atoms with van der Waals surface area (Å²) in [6, 6.07) is 3.73. The van der Waals surface area contributed by atoms with Gasteiger partial charge in [0.2, 0.25) is 0 Å². The van der Waals surface area contributed by atoms with Crippen LogP contribution in [0.5, 0.6) is 0 Å². The first-order valence-corrected chi connectivity index (χ1v) is 6.70. The Bertz CT molecular complexity index is 527. The second kappa shape index (κ2) is 5.06. The molecule has 1 saturated carbocycles. The van der Waals surface area contributed by atoms with Gasteiger partial charge in [-0.3, -0.25) is 0 Å². The van der Waals surface area contributed by atoms with Gasteiger partial charge in [-0.25, -0.2) is 0 Å². The maximum absolute atomic E-state index is 6.33. The van der Waals surface area contributed by atoms with Crippen LogP contribution in [0.15, 0.2) is 12.1 Å². The lowest BCUT2D eigenvalue weighted by molar-refractivity contribution is 0.380. The summed E-state index contributed by atoms with van der Waals surface area (Å²) >= 11 is 6.33. The number of anilines is 1. The first kappa shape index (κ1) is 11.6. The summed E-state index contributed by atoms with van der Waals surface area (Å²) in [5.74, 6) is 1.30. The van der Waals surface area contributed by atoms with Crippen LogP contribution in [-0.2, 0) is 0 Å². The van der Waals surface area contributed by atoms with E-state index >= 15 is 0 Å². The quantitative estimate of drug-likeness (QED) is 0.857. The van der Waals surface area contributed by atoms with E-state index in [-0.39, 0.29) is 5.38 Å². The Balaban J connectivity index is 1.65. The molecule has 7 heteroatoms. The molecule has 0 amide bonds. The molecule has 6 nitrogen and oxygen atoms in total. The second-order valence-corrected chi connectivity index (χ2v) is 5.25. The van der Waals surface area contributed by atoms with Crippen LogP contribution in [0.1, 0.15) is 25.7 Å². The Hall–Kier alpha value is -1.43. The summed E-state index contributed by atoms with van der Waals surface area (Å²) < 4.78 is 1.42. The van der Waals surface area contributed by atoms with E-state index in [0.29, 0.717) is 11.6 Å². The zero-order valence-electron chi connectivity index (χ0n) is 9.96. The molecule has 1 aliphatic carbocycles. The van der Waals surface area contributed by atoms with Crippen molar-refractivity contribution in [2.75, 3.05) is 11.9 Å². The summed E-state index contributed by atoms with van der Waals surface area (Å²) in [5, 5.41) is 19.0. The van der Waals surface area contributed by atoms with E-state index in [0.717, 1.165) is 18.8 Å². The third-order valence-electron chi connectivity index (χ3n) is 3.43. The van der Waals surface area contributed by atoms with Crippen molar-refractivity contribution < 1.29 is 0 Å². The summed E-state index contributed by atoms with van der Waals surface area (Å²) in [6.45, 7) is 0.856. The average molecular weight is 267 g/mol. The van der Waals surface area contributed by atoms with Crippen molar-refractivity contribution in [3.8, 4) is 0 Å². The monoisotopic (exact) mass is 266 g/mol. The fourth-order valence-electron chi connectivity index (χ4n) is 2.37. The fourth-order valence-corrected chi connectivity index (χ4v) is 2.74. The van der Waals surface area contributed by atoms with Gasteiger partial charge in [0.05, 0.1) is 0 Å². The Morgan fingerprint density at radius 1 is 1.33 bits per heavy atom. The standard InChI is InChI=1S/C11H15ClN6/c12-9-4-2-1-3-8(9)7-13-10-5-6-11-14-16-17-18(11)15-10/h5-6,8-9H,1-4,7H2,(H,13,15). The fraction of sp³-hybridized carbons (Fsp3) is 0.636. The van der Waals surface area contributed by atoms with Crippen LogP contribution in [0, 0.1) is 5.92 Å². The summed E-state index contributed by atoms with van der Waals surface area (Å²) in [7, 11) is 0. The minimum Gasteiger partial charge on any atom is -0.368 e. The minimum atomic E-state index is 0.281. The lowest BCUT2D eigenvalue weighted by atomic mass is 9.89. The zero-order chi connectivity index (χ0) is 12.4. The molecule has 3 rings (SSSR count). The van der Waals surface area contributed by atoms with Gasteiger partial charge in [-0.1, -0.05) is 12.8 Å². The van der Waals surface area contributed by atoms with Gasteiger partial charge in [-0.05, 0) is 41.3 Å². The number of tetrazole rings is 1. The van der Waals surface area contributed by atoms with Crippen LogP contribution in [0.25, 0.3) is 5.65 Å². The van der Waals surface area contributed by atoms with Crippen LogP contribution in [-0.4, -0.2) is 37.2 Å². The van der Waals surface area contributed by atoms with Gasteiger partial charge in [0, 0.05) is 11.9 Å². The van der Waals surface area contributed by atoms with E-state index in [4.69, 9.17) is 11.6 Å². The van der Waals surface area contributed by atoms with Gasteiger partial charge in [0.1, 0.15) is 5.82 Å². The van der Waals surface area contributed by atoms with Crippen LogP contribution in [0.4, 0.5) is 5.82 Å². The Morgan fingerprint density at radius 2 is 2.22 bits per heavy atom. The molecule has 96 valence electrons. The highest BCUT2D eigenvalue weighted by molar-refractivity contribution is 6.20. The number of nitrogens with one attached hydrogen (secondary N) is 1. The molecular formula is C11H15ClN6. The zero-order valence-corrected chi connectivity index (χ0v) is 10.7. The molecule has 0 spiro atoms. The third kappa shape index (κ3) is 2.38. The Labute approximate surface area is 110 Å². The van der Waals surface area contributed by atoms with Gasteiger partial charge < -0.3 is 5.32 Å². The molecule has 2 heterocycles. The minimum absolute atomic E-state index is 0.281. The summed E-state index contributed by atoms with van der Waals surface area (Å²) in [4.78, 5) is 0. The highest BCUT2D eigenvalue weighted by atomic mass is 35.5. The van der Waals surface area contributed by atoms with Gasteiger partial charge in [0.25, 0.3) is 0 Å². The van der Waals surface area contributed by atoms with Gasteiger partial charge in [-0.2, -0.15) is 0 Å². The van der Waals surface area contributed by atoms with Crippen molar-refractivity contribution in [3.05, 3.63) is 12.1 Å². The van der Waals surface area contributed by atoms with Crippen molar-refractivity contribution in [2.24, 2.45) is 5.92 Å². The van der Waals surface area contributed by atoms with E-state index in [2.05, 4.69) is 25.9 Å². The van der Waals surface area contributed by atoms with Gasteiger partial charge >= 0.3 is 0 Å². The van der Waals surface area contributed by atoms with Crippen LogP contribution in [0.3, 0.4) is 0 Å². The van der Waals surface area contributed by atoms with Crippen LogP contribution >= 0.6 is 11.6 Å². The molecule has 2 atom stereocenters. The lowest BCUT2D eigenvalue weighted by Crippen LogP contribution is -2.27. The van der Waals surface area contributed by atoms with Crippen LogP contribution in [0.2, 0.25) is 0 Å². The van der Waals surface area contributed by atoms with E-state index in [1.807, 2.05) is 12.1 Å². The molecule has 0 saturated heterocycles. The number of fused-ring (bicyclic) bond motifs is 1. The number of hydrogen-bond acceptors (Lipinski definition) is 5. The average Bonchev–Trinajstić information content (AvgIpc) is 2.85. The maximum Gasteiger partial charge on any atom is 0.200 e. The lowest BCUT2D eigenvalue weighted by Gasteiger charge is -2.27. The molecule has 2 unspecified atom stereocenters. The molecule has 0 radical (unpaired) electrons. The number of nitrogens with zero attached hydrogens (tertiary/aromatic N) is 5. The second-order valence-electron chi connectivity index (χ2n) is 4.69. The van der Waals surface area contributed by atoms with Crippen LogP contribution < -0.4 is 5.32 Å². The molecule has 0 aromatic carbocycles. The predicted octanol–water partition coefficient (Wildman–Crippen LogP) is 1.73. The SMILES string of the molecule is ClC1CCCCC1CNc1ccc2nnnn2n1. The largest absolute Gasteiger partial charge is 0.368 e. The molecular weight excluding hydrogens is 252 g/mol. The first-order valence-electron chi connectivity index (χ1n) is 6.26. The smallest absolute Gasteiger partial charge is 0.200 e. The van der Waals surface area contributed by atoms with E-state index in [1.165, 1.54) is 23.9 Å². The number of alkyl halides is 1. The number of halogens is 1. The molecule has 2 aromatic heterocycles. The highest BCUT2D eigenvalue weighted by Gasteiger charge is 2.22. The molecule has 1 aliphatic rings. The van der Waals surface area contributed by atoms with Crippen molar-refractivity contribution in [2.45, 2.75) is 31.1 Å². The van der Waals surface area contributed by atoms with Crippen molar-refractivity contribution >= 4 is 23.1 Å². The molecule has 0 bridgehead atoms.